The predicted octanol–water partition coefficient (Wildman–Crippen LogP) is 4.07. The maximum atomic E-state index is 12.7. The SMILES string of the molecule is O=c1[nH]ccc(NC[C@@H](O)c2cccc(Cl)c2)c1-c1ncc(-c2ccc(N3CCOCC3)cc2)[nH]1. The Morgan fingerprint density at radius 2 is 1.94 bits per heavy atom. The summed E-state index contributed by atoms with van der Waals surface area (Å²) in [5.74, 6) is 0.443. The molecule has 180 valence electrons. The molecule has 1 fully saturated rings. The third-order valence-electron chi connectivity index (χ3n) is 6.05. The zero-order chi connectivity index (χ0) is 24.2. The molecule has 0 amide bonds. The Labute approximate surface area is 207 Å². The molecule has 2 aromatic heterocycles. The van der Waals surface area contributed by atoms with E-state index in [1.165, 1.54) is 0 Å². The lowest BCUT2D eigenvalue weighted by atomic mass is 10.1. The highest BCUT2D eigenvalue weighted by Gasteiger charge is 2.16. The highest BCUT2D eigenvalue weighted by molar-refractivity contribution is 6.30. The van der Waals surface area contributed by atoms with Crippen LogP contribution in [0.4, 0.5) is 11.4 Å². The minimum absolute atomic E-state index is 0.202. The molecule has 1 saturated heterocycles. The fraction of sp³-hybridized carbons (Fsp3) is 0.231. The lowest BCUT2D eigenvalue weighted by Gasteiger charge is -2.28. The molecule has 0 bridgehead atoms. The van der Waals surface area contributed by atoms with Gasteiger partial charge in [-0.15, -0.1) is 0 Å². The molecule has 0 radical (unpaired) electrons. The summed E-state index contributed by atoms with van der Waals surface area (Å²) in [6.45, 7) is 3.44. The maximum Gasteiger partial charge on any atom is 0.261 e. The van der Waals surface area contributed by atoms with E-state index in [0.29, 0.717) is 27.7 Å². The third-order valence-corrected chi connectivity index (χ3v) is 6.28. The number of aromatic amines is 2. The standard InChI is InChI=1S/C26H26ClN5O3/c27-19-3-1-2-18(14-19)23(33)16-29-21-8-9-28-26(34)24(21)25-30-15-22(31-25)17-4-6-20(7-5-17)32-10-12-35-13-11-32/h1-9,14-15,23,33H,10-13,16H2,(H,30,31)(H2,28,29,34)/t23-/m1/s1. The van der Waals surface area contributed by atoms with Crippen LogP contribution >= 0.6 is 11.6 Å². The molecular weight excluding hydrogens is 466 g/mol. The van der Waals surface area contributed by atoms with Gasteiger partial charge in [0, 0.05) is 36.5 Å². The summed E-state index contributed by atoms with van der Waals surface area (Å²) in [5, 5.41) is 14.3. The molecule has 35 heavy (non-hydrogen) atoms. The van der Waals surface area contributed by atoms with Crippen LogP contribution in [-0.4, -0.2) is 52.9 Å². The normalized spacial score (nSPS) is 14.6. The molecule has 1 aliphatic rings. The van der Waals surface area contributed by atoms with E-state index in [1.807, 2.05) is 12.1 Å². The predicted molar refractivity (Wildman–Crippen MR) is 138 cm³/mol. The molecule has 1 atom stereocenters. The molecule has 0 saturated carbocycles. The highest BCUT2D eigenvalue weighted by atomic mass is 35.5. The molecule has 9 heteroatoms. The molecule has 4 N–H and O–H groups in total. The van der Waals surface area contributed by atoms with Crippen molar-refractivity contribution in [2.75, 3.05) is 43.1 Å². The Hall–Kier alpha value is -3.59. The van der Waals surface area contributed by atoms with Crippen molar-refractivity contribution in [2.45, 2.75) is 6.10 Å². The molecule has 0 aliphatic carbocycles. The number of aliphatic hydroxyl groups is 1. The van der Waals surface area contributed by atoms with Crippen LogP contribution in [0.25, 0.3) is 22.6 Å². The van der Waals surface area contributed by atoms with E-state index in [0.717, 1.165) is 43.2 Å². The van der Waals surface area contributed by atoms with Gasteiger partial charge in [0.25, 0.3) is 5.56 Å². The van der Waals surface area contributed by atoms with Crippen LogP contribution < -0.4 is 15.8 Å². The number of pyridine rings is 1. The van der Waals surface area contributed by atoms with Crippen LogP contribution in [0.5, 0.6) is 0 Å². The van der Waals surface area contributed by atoms with Crippen LogP contribution in [0.1, 0.15) is 11.7 Å². The average molecular weight is 492 g/mol. The summed E-state index contributed by atoms with van der Waals surface area (Å²) in [5.41, 5.74) is 4.29. The van der Waals surface area contributed by atoms with Gasteiger partial charge in [-0.05, 0) is 41.5 Å². The van der Waals surface area contributed by atoms with Crippen molar-refractivity contribution >= 4 is 23.0 Å². The number of aliphatic hydroxyl groups excluding tert-OH is 1. The summed E-state index contributed by atoms with van der Waals surface area (Å²) >= 11 is 6.04. The third kappa shape index (κ3) is 5.24. The van der Waals surface area contributed by atoms with Gasteiger partial charge in [-0.2, -0.15) is 0 Å². The number of halogens is 1. The Bertz CT molecular complexity index is 1350. The van der Waals surface area contributed by atoms with Crippen molar-refractivity contribution in [3.63, 3.8) is 0 Å². The smallest absolute Gasteiger partial charge is 0.261 e. The molecule has 2 aromatic carbocycles. The van der Waals surface area contributed by atoms with Gasteiger partial charge in [0.15, 0.2) is 0 Å². The van der Waals surface area contributed by atoms with Gasteiger partial charge in [0.1, 0.15) is 11.4 Å². The van der Waals surface area contributed by atoms with Gasteiger partial charge >= 0.3 is 0 Å². The fourth-order valence-corrected chi connectivity index (χ4v) is 4.37. The minimum Gasteiger partial charge on any atom is -0.387 e. The van der Waals surface area contributed by atoms with Crippen molar-refractivity contribution in [1.29, 1.82) is 0 Å². The number of rotatable bonds is 7. The van der Waals surface area contributed by atoms with E-state index >= 15 is 0 Å². The molecular formula is C26H26ClN5O3. The first kappa shape index (κ1) is 23.2. The van der Waals surface area contributed by atoms with Gasteiger partial charge in [0.05, 0.1) is 36.9 Å². The van der Waals surface area contributed by atoms with Crippen molar-refractivity contribution < 1.29 is 9.84 Å². The number of ether oxygens (including phenoxy) is 1. The van der Waals surface area contributed by atoms with E-state index in [4.69, 9.17) is 16.3 Å². The highest BCUT2D eigenvalue weighted by Crippen LogP contribution is 2.27. The summed E-state index contributed by atoms with van der Waals surface area (Å²) in [4.78, 5) is 25.5. The van der Waals surface area contributed by atoms with Gasteiger partial charge in [-0.1, -0.05) is 35.9 Å². The molecule has 8 nitrogen and oxygen atoms in total. The second-order valence-electron chi connectivity index (χ2n) is 8.34. The number of imidazole rings is 1. The zero-order valence-electron chi connectivity index (χ0n) is 19.0. The topological polar surface area (TPSA) is 106 Å². The van der Waals surface area contributed by atoms with Crippen molar-refractivity contribution in [2.24, 2.45) is 0 Å². The van der Waals surface area contributed by atoms with Gasteiger partial charge < -0.3 is 30.0 Å². The number of nitrogens with zero attached hydrogens (tertiary/aromatic N) is 2. The number of nitrogens with one attached hydrogen (secondary N) is 3. The first-order valence-electron chi connectivity index (χ1n) is 11.5. The second kappa shape index (κ2) is 10.4. The summed E-state index contributed by atoms with van der Waals surface area (Å²) in [6.07, 6.45) is 2.49. The van der Waals surface area contributed by atoms with E-state index in [2.05, 4.69) is 37.3 Å². The number of morpholine rings is 1. The molecule has 0 unspecified atom stereocenters. The first-order valence-corrected chi connectivity index (χ1v) is 11.8. The largest absolute Gasteiger partial charge is 0.387 e. The number of benzene rings is 2. The lowest BCUT2D eigenvalue weighted by molar-refractivity contribution is 0.122. The first-order chi connectivity index (χ1) is 17.1. The monoisotopic (exact) mass is 491 g/mol. The molecule has 5 rings (SSSR count). The van der Waals surface area contributed by atoms with E-state index in [1.54, 1.807) is 42.7 Å². The molecule has 3 heterocycles. The summed E-state index contributed by atoms with van der Waals surface area (Å²) < 4.78 is 5.43. The van der Waals surface area contributed by atoms with Crippen LogP contribution in [0.2, 0.25) is 5.02 Å². The van der Waals surface area contributed by atoms with Gasteiger partial charge in [0.2, 0.25) is 0 Å². The van der Waals surface area contributed by atoms with Crippen molar-refractivity contribution in [1.82, 2.24) is 15.0 Å². The quantitative estimate of drug-likeness (QED) is 0.310. The zero-order valence-corrected chi connectivity index (χ0v) is 19.8. The average Bonchev–Trinajstić information content (AvgIpc) is 3.37. The summed E-state index contributed by atoms with van der Waals surface area (Å²) in [6, 6.07) is 17.1. The summed E-state index contributed by atoms with van der Waals surface area (Å²) in [7, 11) is 0. The Morgan fingerprint density at radius 3 is 2.71 bits per heavy atom. The van der Waals surface area contributed by atoms with Crippen molar-refractivity contribution in [3.05, 3.63) is 87.9 Å². The van der Waals surface area contributed by atoms with E-state index < -0.39 is 6.10 Å². The van der Waals surface area contributed by atoms with Gasteiger partial charge in [-0.25, -0.2) is 4.98 Å². The second-order valence-corrected chi connectivity index (χ2v) is 8.78. The number of hydrogen-bond acceptors (Lipinski definition) is 6. The number of hydrogen-bond donors (Lipinski definition) is 4. The maximum absolute atomic E-state index is 12.7. The van der Waals surface area contributed by atoms with Crippen LogP contribution in [0.3, 0.4) is 0 Å². The number of anilines is 2. The molecule has 0 spiro atoms. The Morgan fingerprint density at radius 1 is 1.14 bits per heavy atom. The van der Waals surface area contributed by atoms with E-state index in [9.17, 15) is 9.90 Å². The molecule has 1 aliphatic heterocycles. The number of aromatic nitrogens is 3. The van der Waals surface area contributed by atoms with Crippen LogP contribution in [0, 0.1) is 0 Å². The van der Waals surface area contributed by atoms with E-state index in [-0.39, 0.29) is 12.1 Å². The fourth-order valence-electron chi connectivity index (χ4n) is 4.17. The van der Waals surface area contributed by atoms with Gasteiger partial charge in [-0.3, -0.25) is 4.79 Å². The lowest BCUT2D eigenvalue weighted by Crippen LogP contribution is -2.36. The Balaban J connectivity index is 1.34. The number of H-pyrrole nitrogens is 2. The molecule has 4 aromatic rings. The van der Waals surface area contributed by atoms with Crippen molar-refractivity contribution in [3.8, 4) is 22.6 Å². The van der Waals surface area contributed by atoms with Crippen LogP contribution in [0.15, 0.2) is 71.8 Å². The Kier molecular flexibility index (Phi) is 6.85. The van der Waals surface area contributed by atoms with Crippen LogP contribution in [-0.2, 0) is 4.74 Å². The minimum atomic E-state index is -0.794.